The van der Waals surface area contributed by atoms with Crippen LogP contribution in [-0.4, -0.2) is 31.2 Å². The smallest absolute Gasteiger partial charge is 0.417 e. The van der Waals surface area contributed by atoms with E-state index < -0.39 is 17.7 Å². The van der Waals surface area contributed by atoms with Crippen molar-refractivity contribution in [2.45, 2.75) is 19.5 Å². The second-order valence-electron chi connectivity index (χ2n) is 3.90. The summed E-state index contributed by atoms with van der Waals surface area (Å²) in [7, 11) is 1.26. The number of methoxy groups -OCH3 is 1. The van der Waals surface area contributed by atoms with Crippen molar-refractivity contribution < 1.29 is 22.7 Å². The molecule has 1 aromatic heterocycles. The minimum absolute atomic E-state index is 0.0390. The van der Waals surface area contributed by atoms with Gasteiger partial charge in [-0.1, -0.05) is 6.92 Å². The molecule has 1 aromatic rings. The normalized spacial score (nSPS) is 11.2. The van der Waals surface area contributed by atoms with Crippen molar-refractivity contribution in [2.75, 3.05) is 25.1 Å². The van der Waals surface area contributed by atoms with E-state index in [4.69, 9.17) is 0 Å². The van der Waals surface area contributed by atoms with Gasteiger partial charge in [-0.2, -0.15) is 13.2 Å². The van der Waals surface area contributed by atoms with E-state index in [1.165, 1.54) is 13.2 Å². The number of aromatic nitrogens is 1. The van der Waals surface area contributed by atoms with Gasteiger partial charge in [-0.25, -0.2) is 4.98 Å². The first-order valence-electron chi connectivity index (χ1n) is 5.73. The fourth-order valence-corrected chi connectivity index (χ4v) is 1.51. The maximum atomic E-state index is 12.4. The third-order valence-corrected chi connectivity index (χ3v) is 2.44. The zero-order valence-electron chi connectivity index (χ0n) is 10.7. The number of hydrogen-bond acceptors (Lipinski definition) is 4. The molecule has 1 rings (SSSR count). The molecule has 0 atom stereocenters. The lowest BCUT2D eigenvalue weighted by Gasteiger charge is -2.22. The maximum absolute atomic E-state index is 12.4. The number of pyridine rings is 1. The minimum Gasteiger partial charge on any atom is -0.468 e. The third kappa shape index (κ3) is 4.42. The molecule has 0 saturated heterocycles. The number of hydrogen-bond donors (Lipinski definition) is 0. The summed E-state index contributed by atoms with van der Waals surface area (Å²) in [5.41, 5.74) is -0.814. The summed E-state index contributed by atoms with van der Waals surface area (Å²) in [6.07, 6.45) is -2.92. The van der Waals surface area contributed by atoms with Crippen molar-refractivity contribution in [1.29, 1.82) is 0 Å². The van der Waals surface area contributed by atoms with Crippen LogP contribution in [-0.2, 0) is 15.7 Å². The van der Waals surface area contributed by atoms with Crippen LogP contribution >= 0.6 is 0 Å². The van der Waals surface area contributed by atoms with Crippen molar-refractivity contribution >= 4 is 11.8 Å². The highest BCUT2D eigenvalue weighted by atomic mass is 19.4. The second kappa shape index (κ2) is 6.40. The van der Waals surface area contributed by atoms with Gasteiger partial charge in [0.1, 0.15) is 12.4 Å². The molecule has 0 unspecified atom stereocenters. The van der Waals surface area contributed by atoms with Crippen molar-refractivity contribution in [3.05, 3.63) is 23.9 Å². The average molecular weight is 276 g/mol. The van der Waals surface area contributed by atoms with Crippen LogP contribution in [0.25, 0.3) is 0 Å². The second-order valence-corrected chi connectivity index (χ2v) is 3.90. The number of ether oxygens (including phenoxy) is 1. The number of carbonyl (C=O) groups is 1. The monoisotopic (exact) mass is 276 g/mol. The van der Waals surface area contributed by atoms with Gasteiger partial charge in [0.15, 0.2) is 0 Å². The summed E-state index contributed by atoms with van der Waals surface area (Å²) in [4.78, 5) is 16.5. The highest BCUT2D eigenvalue weighted by molar-refractivity contribution is 5.75. The maximum Gasteiger partial charge on any atom is 0.417 e. The summed E-state index contributed by atoms with van der Waals surface area (Å²) >= 11 is 0. The van der Waals surface area contributed by atoms with Crippen LogP contribution in [0.1, 0.15) is 18.9 Å². The van der Waals surface area contributed by atoms with Crippen molar-refractivity contribution in [3.63, 3.8) is 0 Å². The Labute approximate surface area is 109 Å². The molecule has 0 amide bonds. The quantitative estimate of drug-likeness (QED) is 0.775. The van der Waals surface area contributed by atoms with E-state index in [1.54, 1.807) is 4.90 Å². The first kappa shape index (κ1) is 15.3. The lowest BCUT2D eigenvalue weighted by molar-refractivity contribution is -0.139. The molecule has 7 heteroatoms. The van der Waals surface area contributed by atoms with E-state index >= 15 is 0 Å². The first-order valence-corrected chi connectivity index (χ1v) is 5.73. The van der Waals surface area contributed by atoms with E-state index in [9.17, 15) is 18.0 Å². The van der Waals surface area contributed by atoms with E-state index in [-0.39, 0.29) is 6.54 Å². The molecular formula is C12H15F3N2O2. The van der Waals surface area contributed by atoms with Gasteiger partial charge in [-0.3, -0.25) is 4.79 Å². The molecular weight excluding hydrogens is 261 g/mol. The molecule has 0 fully saturated rings. The van der Waals surface area contributed by atoms with Crippen LogP contribution in [0.2, 0.25) is 0 Å². The highest BCUT2D eigenvalue weighted by Gasteiger charge is 2.30. The molecule has 0 aliphatic heterocycles. The number of nitrogens with zero attached hydrogens (tertiary/aromatic N) is 2. The van der Waals surface area contributed by atoms with Gasteiger partial charge in [-0.05, 0) is 18.6 Å². The number of rotatable bonds is 5. The molecule has 0 saturated carbocycles. The standard InChI is InChI=1S/C12H15F3N2O2/c1-3-6-17(8-11(18)19-2)10-5-4-9(7-16-10)12(13,14)15/h4-5,7H,3,6,8H2,1-2H3. The van der Waals surface area contributed by atoms with E-state index in [1.807, 2.05) is 6.92 Å². The lowest BCUT2D eigenvalue weighted by Crippen LogP contribution is -2.32. The Morgan fingerprint density at radius 2 is 2.11 bits per heavy atom. The van der Waals surface area contributed by atoms with E-state index in [2.05, 4.69) is 9.72 Å². The Hall–Kier alpha value is -1.79. The fourth-order valence-electron chi connectivity index (χ4n) is 1.51. The Morgan fingerprint density at radius 3 is 2.53 bits per heavy atom. The van der Waals surface area contributed by atoms with Gasteiger partial charge in [0.25, 0.3) is 0 Å². The van der Waals surface area contributed by atoms with Crippen LogP contribution in [0.3, 0.4) is 0 Å². The van der Waals surface area contributed by atoms with Crippen LogP contribution in [0.15, 0.2) is 18.3 Å². The summed E-state index contributed by atoms with van der Waals surface area (Å²) in [5.74, 6) is -0.143. The summed E-state index contributed by atoms with van der Waals surface area (Å²) in [6.45, 7) is 2.37. The molecule has 0 radical (unpaired) electrons. The van der Waals surface area contributed by atoms with Gasteiger partial charge in [0, 0.05) is 12.7 Å². The topological polar surface area (TPSA) is 42.4 Å². The van der Waals surface area contributed by atoms with Gasteiger partial charge >= 0.3 is 12.1 Å². The number of halogens is 3. The average Bonchev–Trinajstić information content (AvgIpc) is 2.37. The number of carbonyl (C=O) groups excluding carboxylic acids is 1. The predicted molar refractivity (Wildman–Crippen MR) is 63.8 cm³/mol. The van der Waals surface area contributed by atoms with Gasteiger partial charge < -0.3 is 9.64 Å². The highest BCUT2D eigenvalue weighted by Crippen LogP contribution is 2.29. The number of esters is 1. The molecule has 0 aromatic carbocycles. The first-order chi connectivity index (χ1) is 8.88. The van der Waals surface area contributed by atoms with E-state index in [0.717, 1.165) is 18.7 Å². The predicted octanol–water partition coefficient (Wildman–Crippen LogP) is 2.49. The number of alkyl halides is 3. The SMILES string of the molecule is CCCN(CC(=O)OC)c1ccc(C(F)(F)F)cn1. The lowest BCUT2D eigenvalue weighted by atomic mass is 10.2. The zero-order valence-corrected chi connectivity index (χ0v) is 10.7. The molecule has 0 aliphatic rings. The Kier molecular flexibility index (Phi) is 5.14. The molecule has 1 heterocycles. The minimum atomic E-state index is -4.41. The summed E-state index contributed by atoms with van der Waals surface area (Å²) < 4.78 is 41.8. The Morgan fingerprint density at radius 1 is 1.42 bits per heavy atom. The molecule has 0 N–H and O–H groups in total. The molecule has 4 nitrogen and oxygen atoms in total. The molecule has 106 valence electrons. The molecule has 0 bridgehead atoms. The van der Waals surface area contributed by atoms with Crippen LogP contribution in [0.4, 0.5) is 19.0 Å². The number of anilines is 1. The van der Waals surface area contributed by atoms with Gasteiger partial charge in [0.05, 0.1) is 12.7 Å². The Balaban J connectivity index is 2.88. The zero-order chi connectivity index (χ0) is 14.5. The molecule has 0 aliphatic carbocycles. The van der Waals surface area contributed by atoms with Crippen LogP contribution in [0.5, 0.6) is 0 Å². The van der Waals surface area contributed by atoms with Crippen LogP contribution in [0, 0.1) is 0 Å². The van der Waals surface area contributed by atoms with Crippen molar-refractivity contribution in [2.24, 2.45) is 0 Å². The molecule has 19 heavy (non-hydrogen) atoms. The van der Waals surface area contributed by atoms with Gasteiger partial charge in [0.2, 0.25) is 0 Å². The fraction of sp³-hybridized carbons (Fsp3) is 0.500. The van der Waals surface area contributed by atoms with Crippen molar-refractivity contribution in [3.8, 4) is 0 Å². The van der Waals surface area contributed by atoms with Gasteiger partial charge in [-0.15, -0.1) is 0 Å². The third-order valence-electron chi connectivity index (χ3n) is 2.44. The van der Waals surface area contributed by atoms with Crippen molar-refractivity contribution in [1.82, 2.24) is 4.98 Å². The van der Waals surface area contributed by atoms with Crippen LogP contribution < -0.4 is 4.90 Å². The summed E-state index contributed by atoms with van der Waals surface area (Å²) in [5, 5.41) is 0. The largest absolute Gasteiger partial charge is 0.468 e. The molecule has 0 spiro atoms. The summed E-state index contributed by atoms with van der Waals surface area (Å²) in [6, 6.07) is 2.20. The van der Waals surface area contributed by atoms with E-state index in [0.29, 0.717) is 12.4 Å². The Bertz CT molecular complexity index is 418.